The van der Waals surface area contributed by atoms with E-state index in [1.807, 2.05) is 26.8 Å². The van der Waals surface area contributed by atoms with E-state index in [2.05, 4.69) is 21.2 Å². The van der Waals surface area contributed by atoms with E-state index in [0.717, 1.165) is 22.2 Å². The number of carbonyl (C=O) groups is 2. The van der Waals surface area contributed by atoms with Gasteiger partial charge in [0.25, 0.3) is 5.91 Å². The molecule has 1 heterocycles. The SMILES string of the molecule is CCCNC(=O)CN(CCC)C(=O)c1cc(C)c(Br)s1. The number of hydrogen-bond donors (Lipinski definition) is 1. The summed E-state index contributed by atoms with van der Waals surface area (Å²) in [5.74, 6) is -0.168. The third kappa shape index (κ3) is 4.90. The first kappa shape index (κ1) is 17.2. The lowest BCUT2D eigenvalue weighted by Gasteiger charge is -2.20. The normalized spacial score (nSPS) is 10.4. The Bertz CT molecular complexity index is 454. The molecule has 0 aromatic carbocycles. The van der Waals surface area contributed by atoms with E-state index in [1.54, 1.807) is 4.90 Å². The van der Waals surface area contributed by atoms with Gasteiger partial charge >= 0.3 is 0 Å². The van der Waals surface area contributed by atoms with Gasteiger partial charge in [-0.1, -0.05) is 13.8 Å². The van der Waals surface area contributed by atoms with Gasteiger partial charge in [-0.2, -0.15) is 0 Å². The monoisotopic (exact) mass is 360 g/mol. The largest absolute Gasteiger partial charge is 0.355 e. The number of amides is 2. The Morgan fingerprint density at radius 2 is 2.05 bits per heavy atom. The first-order valence-corrected chi connectivity index (χ1v) is 8.42. The van der Waals surface area contributed by atoms with Crippen molar-refractivity contribution in [1.82, 2.24) is 10.2 Å². The first-order valence-electron chi connectivity index (χ1n) is 6.81. The van der Waals surface area contributed by atoms with Crippen molar-refractivity contribution >= 4 is 39.1 Å². The van der Waals surface area contributed by atoms with Gasteiger partial charge in [-0.25, -0.2) is 0 Å². The van der Waals surface area contributed by atoms with Gasteiger partial charge in [0.1, 0.15) is 0 Å². The number of nitrogens with one attached hydrogen (secondary N) is 1. The fraction of sp³-hybridized carbons (Fsp3) is 0.571. The summed E-state index contributed by atoms with van der Waals surface area (Å²) in [6.45, 7) is 7.32. The molecule has 0 radical (unpaired) electrons. The van der Waals surface area contributed by atoms with Gasteiger partial charge in [-0.05, 0) is 47.3 Å². The predicted molar refractivity (Wildman–Crippen MR) is 86.3 cm³/mol. The molecule has 0 bridgehead atoms. The van der Waals surface area contributed by atoms with Gasteiger partial charge in [-0.3, -0.25) is 9.59 Å². The lowest BCUT2D eigenvalue weighted by atomic mass is 10.3. The predicted octanol–water partition coefficient (Wildman–Crippen LogP) is 3.20. The quantitative estimate of drug-likeness (QED) is 0.811. The minimum Gasteiger partial charge on any atom is -0.355 e. The van der Waals surface area contributed by atoms with Crippen LogP contribution in [-0.4, -0.2) is 36.3 Å². The Morgan fingerprint density at radius 3 is 2.55 bits per heavy atom. The molecule has 6 heteroatoms. The third-order valence-corrected chi connectivity index (χ3v) is 4.88. The van der Waals surface area contributed by atoms with Crippen LogP contribution in [0.25, 0.3) is 0 Å². The van der Waals surface area contributed by atoms with Crippen molar-refractivity contribution in [3.05, 3.63) is 20.3 Å². The highest BCUT2D eigenvalue weighted by atomic mass is 79.9. The summed E-state index contributed by atoms with van der Waals surface area (Å²) in [4.78, 5) is 26.5. The van der Waals surface area contributed by atoms with E-state index in [1.165, 1.54) is 11.3 Å². The number of rotatable bonds is 7. The number of halogens is 1. The van der Waals surface area contributed by atoms with E-state index in [4.69, 9.17) is 0 Å². The Balaban J connectivity index is 2.74. The van der Waals surface area contributed by atoms with Crippen molar-refractivity contribution in [2.75, 3.05) is 19.6 Å². The molecule has 0 aliphatic rings. The van der Waals surface area contributed by atoms with Crippen LogP contribution in [0.3, 0.4) is 0 Å². The maximum atomic E-state index is 12.4. The molecule has 0 unspecified atom stereocenters. The van der Waals surface area contributed by atoms with Gasteiger partial charge in [0.2, 0.25) is 5.91 Å². The average molecular weight is 361 g/mol. The van der Waals surface area contributed by atoms with E-state index in [-0.39, 0.29) is 18.4 Å². The molecule has 0 atom stereocenters. The van der Waals surface area contributed by atoms with Crippen molar-refractivity contribution in [2.24, 2.45) is 0 Å². The topological polar surface area (TPSA) is 49.4 Å². The number of aryl methyl sites for hydroxylation is 1. The Morgan fingerprint density at radius 1 is 1.35 bits per heavy atom. The van der Waals surface area contributed by atoms with Crippen LogP contribution in [0.1, 0.15) is 41.9 Å². The number of carbonyl (C=O) groups excluding carboxylic acids is 2. The van der Waals surface area contributed by atoms with Crippen molar-refractivity contribution in [2.45, 2.75) is 33.6 Å². The smallest absolute Gasteiger partial charge is 0.264 e. The van der Waals surface area contributed by atoms with Crippen molar-refractivity contribution in [1.29, 1.82) is 0 Å². The van der Waals surface area contributed by atoms with E-state index in [0.29, 0.717) is 18.0 Å². The van der Waals surface area contributed by atoms with Crippen LogP contribution in [0.15, 0.2) is 9.85 Å². The van der Waals surface area contributed by atoms with Crippen LogP contribution in [0, 0.1) is 6.92 Å². The number of nitrogens with zero attached hydrogens (tertiary/aromatic N) is 1. The van der Waals surface area contributed by atoms with Crippen LogP contribution in [0.2, 0.25) is 0 Å². The fourth-order valence-corrected chi connectivity index (χ4v) is 3.24. The molecule has 0 aliphatic carbocycles. The highest BCUT2D eigenvalue weighted by Gasteiger charge is 2.20. The summed E-state index contributed by atoms with van der Waals surface area (Å²) in [7, 11) is 0. The summed E-state index contributed by atoms with van der Waals surface area (Å²) < 4.78 is 0.965. The maximum absolute atomic E-state index is 12.4. The van der Waals surface area contributed by atoms with E-state index in [9.17, 15) is 9.59 Å². The summed E-state index contributed by atoms with van der Waals surface area (Å²) in [6, 6.07) is 1.86. The van der Waals surface area contributed by atoms with Gasteiger partial charge in [0, 0.05) is 13.1 Å². The van der Waals surface area contributed by atoms with Crippen molar-refractivity contribution in [3.63, 3.8) is 0 Å². The first-order chi connectivity index (χ1) is 9.49. The molecule has 0 saturated heterocycles. The van der Waals surface area contributed by atoms with Gasteiger partial charge < -0.3 is 10.2 Å². The third-order valence-electron chi connectivity index (χ3n) is 2.76. The second-order valence-corrected chi connectivity index (χ2v) is 7.01. The van der Waals surface area contributed by atoms with Crippen LogP contribution in [0.4, 0.5) is 0 Å². The van der Waals surface area contributed by atoms with Crippen molar-refractivity contribution in [3.8, 4) is 0 Å². The van der Waals surface area contributed by atoms with E-state index >= 15 is 0 Å². The molecule has 112 valence electrons. The zero-order valence-electron chi connectivity index (χ0n) is 12.2. The molecule has 0 aliphatic heterocycles. The second-order valence-electron chi connectivity index (χ2n) is 4.64. The lowest BCUT2D eigenvalue weighted by Crippen LogP contribution is -2.41. The average Bonchev–Trinajstić information content (AvgIpc) is 2.75. The zero-order valence-corrected chi connectivity index (χ0v) is 14.6. The molecule has 1 aromatic heterocycles. The molecular weight excluding hydrogens is 340 g/mol. The summed E-state index contributed by atoms with van der Waals surface area (Å²) in [6.07, 6.45) is 1.73. The molecular formula is C14H21BrN2O2S. The second kappa shape index (κ2) is 8.42. The standard InChI is InChI=1S/C14H21BrN2O2S/c1-4-6-16-12(18)9-17(7-5-2)14(19)11-8-10(3)13(15)20-11/h8H,4-7,9H2,1-3H3,(H,16,18). The number of hydrogen-bond acceptors (Lipinski definition) is 3. The minimum absolute atomic E-state index is 0.0719. The van der Waals surface area contributed by atoms with E-state index < -0.39 is 0 Å². The van der Waals surface area contributed by atoms with Crippen LogP contribution >= 0.6 is 27.3 Å². The molecule has 0 saturated carbocycles. The highest BCUT2D eigenvalue weighted by Crippen LogP contribution is 2.28. The van der Waals surface area contributed by atoms with Gasteiger partial charge in [0.05, 0.1) is 15.2 Å². The zero-order chi connectivity index (χ0) is 15.1. The molecule has 20 heavy (non-hydrogen) atoms. The van der Waals surface area contributed by atoms with Crippen molar-refractivity contribution < 1.29 is 9.59 Å². The molecule has 1 rings (SSSR count). The molecule has 1 aromatic rings. The minimum atomic E-state index is -0.0963. The highest BCUT2D eigenvalue weighted by molar-refractivity contribution is 9.11. The van der Waals surface area contributed by atoms with Gasteiger partial charge in [0.15, 0.2) is 0 Å². The van der Waals surface area contributed by atoms with Crippen LogP contribution in [-0.2, 0) is 4.79 Å². The molecule has 1 N–H and O–H groups in total. The summed E-state index contributed by atoms with van der Waals surface area (Å²) in [5, 5.41) is 2.81. The maximum Gasteiger partial charge on any atom is 0.264 e. The fourth-order valence-electron chi connectivity index (χ4n) is 1.74. The van der Waals surface area contributed by atoms with Crippen LogP contribution < -0.4 is 5.32 Å². The van der Waals surface area contributed by atoms with Gasteiger partial charge in [-0.15, -0.1) is 11.3 Å². The molecule has 0 fully saturated rings. The summed E-state index contributed by atoms with van der Waals surface area (Å²) in [5.41, 5.74) is 1.05. The Kier molecular flexibility index (Phi) is 7.23. The lowest BCUT2D eigenvalue weighted by molar-refractivity contribution is -0.121. The summed E-state index contributed by atoms with van der Waals surface area (Å²) >= 11 is 4.84. The Labute approximate surface area is 132 Å². The van der Waals surface area contributed by atoms with Crippen LogP contribution in [0.5, 0.6) is 0 Å². The Hall–Kier alpha value is -0.880. The number of thiophene rings is 1. The molecule has 2 amide bonds. The molecule has 4 nitrogen and oxygen atoms in total. The molecule has 0 spiro atoms.